The topological polar surface area (TPSA) is 28.2 Å². The summed E-state index contributed by atoms with van der Waals surface area (Å²) in [5, 5.41) is 5.46. The van der Waals surface area contributed by atoms with Crippen LogP contribution in [0.25, 0.3) is 10.8 Å². The molecule has 0 saturated heterocycles. The van der Waals surface area contributed by atoms with Crippen LogP contribution in [0.5, 0.6) is 0 Å². The number of pyridine rings is 1. The predicted octanol–water partition coefficient (Wildman–Crippen LogP) is 3.79. The molecular weight excluding hydrogens is 253 g/mol. The van der Waals surface area contributed by atoms with Gasteiger partial charge in [0.05, 0.1) is 11.9 Å². The number of nitrogens with one attached hydrogen (secondary N) is 1. The van der Waals surface area contributed by atoms with Gasteiger partial charge >= 0.3 is 0 Å². The van der Waals surface area contributed by atoms with Crippen LogP contribution in [-0.4, -0.2) is 25.1 Å². The van der Waals surface area contributed by atoms with Gasteiger partial charge in [-0.15, -0.1) is 0 Å². The van der Waals surface area contributed by atoms with Crippen LogP contribution in [0.15, 0.2) is 24.4 Å². The Kier molecular flexibility index (Phi) is 3.47. The van der Waals surface area contributed by atoms with Gasteiger partial charge in [0.15, 0.2) is 0 Å². The zero-order chi connectivity index (χ0) is 14.1. The van der Waals surface area contributed by atoms with E-state index < -0.39 is 0 Å². The molecule has 0 bridgehead atoms. The molecule has 0 spiro atoms. The smallest absolute Gasteiger partial charge is 0.136 e. The lowest BCUT2D eigenvalue weighted by molar-refractivity contribution is 0.629. The lowest BCUT2D eigenvalue weighted by Gasteiger charge is -2.19. The summed E-state index contributed by atoms with van der Waals surface area (Å²) in [4.78, 5) is 6.40. The molecule has 0 radical (unpaired) electrons. The minimum atomic E-state index is -0.222. The van der Waals surface area contributed by atoms with Crippen LogP contribution in [0.2, 0.25) is 0 Å². The van der Waals surface area contributed by atoms with E-state index in [-0.39, 0.29) is 5.82 Å². The third-order valence-electron chi connectivity index (χ3n) is 3.97. The molecule has 1 heterocycles. The van der Waals surface area contributed by atoms with Crippen molar-refractivity contribution in [2.24, 2.45) is 0 Å². The maximum absolute atomic E-state index is 13.5. The molecule has 20 heavy (non-hydrogen) atoms. The SMILES string of the molecule is CN(C)c1ncc(NC2CCCC2)c2ccc(F)cc12. The zero-order valence-corrected chi connectivity index (χ0v) is 12.0. The molecule has 1 aliphatic rings. The van der Waals surface area contributed by atoms with Gasteiger partial charge in [0, 0.05) is 30.9 Å². The number of hydrogen-bond acceptors (Lipinski definition) is 3. The van der Waals surface area contributed by atoms with Crippen molar-refractivity contribution in [1.82, 2.24) is 4.98 Å². The fourth-order valence-electron chi connectivity index (χ4n) is 2.96. The van der Waals surface area contributed by atoms with E-state index in [2.05, 4.69) is 10.3 Å². The number of nitrogens with zero attached hydrogens (tertiary/aromatic N) is 2. The van der Waals surface area contributed by atoms with Crippen LogP contribution < -0.4 is 10.2 Å². The summed E-state index contributed by atoms with van der Waals surface area (Å²) >= 11 is 0. The van der Waals surface area contributed by atoms with Crippen molar-refractivity contribution >= 4 is 22.3 Å². The number of hydrogen-bond donors (Lipinski definition) is 1. The van der Waals surface area contributed by atoms with Gasteiger partial charge < -0.3 is 10.2 Å². The number of aromatic nitrogens is 1. The van der Waals surface area contributed by atoms with E-state index in [9.17, 15) is 4.39 Å². The molecule has 1 fully saturated rings. The van der Waals surface area contributed by atoms with Crippen LogP contribution in [0, 0.1) is 5.82 Å². The van der Waals surface area contributed by atoms with Gasteiger partial charge in [-0.3, -0.25) is 0 Å². The molecule has 3 nitrogen and oxygen atoms in total. The molecule has 106 valence electrons. The number of rotatable bonds is 3. The third-order valence-corrected chi connectivity index (χ3v) is 3.97. The molecule has 0 amide bonds. The van der Waals surface area contributed by atoms with Crippen molar-refractivity contribution in [2.45, 2.75) is 31.7 Å². The van der Waals surface area contributed by atoms with Crippen molar-refractivity contribution in [2.75, 3.05) is 24.3 Å². The first-order valence-corrected chi connectivity index (χ1v) is 7.17. The molecule has 0 unspecified atom stereocenters. The second-order valence-electron chi connectivity index (χ2n) is 5.71. The van der Waals surface area contributed by atoms with Crippen molar-refractivity contribution in [3.63, 3.8) is 0 Å². The maximum atomic E-state index is 13.5. The molecule has 3 rings (SSSR count). The molecule has 1 N–H and O–H groups in total. The molecule has 0 aliphatic heterocycles. The number of halogens is 1. The zero-order valence-electron chi connectivity index (χ0n) is 12.0. The molecular formula is C16H20FN3. The van der Waals surface area contributed by atoms with E-state index in [1.54, 1.807) is 6.07 Å². The Hall–Kier alpha value is -1.84. The van der Waals surface area contributed by atoms with Crippen LogP contribution in [0.4, 0.5) is 15.9 Å². The minimum absolute atomic E-state index is 0.222. The predicted molar refractivity (Wildman–Crippen MR) is 81.9 cm³/mol. The first-order chi connectivity index (χ1) is 9.65. The Morgan fingerprint density at radius 3 is 2.65 bits per heavy atom. The summed E-state index contributed by atoms with van der Waals surface area (Å²) < 4.78 is 13.5. The van der Waals surface area contributed by atoms with E-state index >= 15 is 0 Å². The summed E-state index contributed by atoms with van der Waals surface area (Å²) in [6, 6.07) is 5.45. The molecule has 1 aromatic carbocycles. The average molecular weight is 273 g/mol. The van der Waals surface area contributed by atoms with Crippen molar-refractivity contribution in [1.29, 1.82) is 0 Å². The molecule has 4 heteroatoms. The maximum Gasteiger partial charge on any atom is 0.136 e. The van der Waals surface area contributed by atoms with Gasteiger partial charge in [0.25, 0.3) is 0 Å². The molecule has 0 atom stereocenters. The normalized spacial score (nSPS) is 15.8. The summed E-state index contributed by atoms with van der Waals surface area (Å²) in [7, 11) is 3.85. The molecule has 1 aliphatic carbocycles. The minimum Gasteiger partial charge on any atom is -0.381 e. The van der Waals surface area contributed by atoms with E-state index in [4.69, 9.17) is 0 Å². The molecule has 1 saturated carbocycles. The van der Waals surface area contributed by atoms with Crippen LogP contribution >= 0.6 is 0 Å². The Balaban J connectivity index is 2.07. The highest BCUT2D eigenvalue weighted by atomic mass is 19.1. The lowest BCUT2D eigenvalue weighted by Crippen LogP contribution is -2.16. The van der Waals surface area contributed by atoms with Gasteiger partial charge in [-0.1, -0.05) is 12.8 Å². The first kappa shape index (κ1) is 13.2. The fourth-order valence-corrected chi connectivity index (χ4v) is 2.96. The third kappa shape index (κ3) is 2.42. The van der Waals surface area contributed by atoms with Crippen molar-refractivity contribution in [3.05, 3.63) is 30.2 Å². The lowest BCUT2D eigenvalue weighted by atomic mass is 10.1. The standard InChI is InChI=1S/C16H20FN3/c1-20(2)16-14-9-11(17)7-8-13(14)15(10-18-16)19-12-5-3-4-6-12/h7-10,12,19H,3-6H2,1-2H3. The number of fused-ring (bicyclic) bond motifs is 1. The monoisotopic (exact) mass is 273 g/mol. The number of anilines is 2. The highest BCUT2D eigenvalue weighted by molar-refractivity contribution is 6.00. The second kappa shape index (κ2) is 5.27. The van der Waals surface area contributed by atoms with E-state index in [1.165, 1.54) is 31.7 Å². The highest BCUT2D eigenvalue weighted by Gasteiger charge is 2.17. The summed E-state index contributed by atoms with van der Waals surface area (Å²) in [6.07, 6.45) is 6.85. The average Bonchev–Trinajstić information content (AvgIpc) is 2.91. The van der Waals surface area contributed by atoms with Crippen LogP contribution in [0.3, 0.4) is 0 Å². The van der Waals surface area contributed by atoms with Gasteiger partial charge in [0.1, 0.15) is 11.6 Å². The van der Waals surface area contributed by atoms with E-state index in [0.717, 1.165) is 22.3 Å². The first-order valence-electron chi connectivity index (χ1n) is 7.17. The Morgan fingerprint density at radius 2 is 1.95 bits per heavy atom. The van der Waals surface area contributed by atoms with Crippen LogP contribution in [-0.2, 0) is 0 Å². The Bertz CT molecular complexity index is 618. The van der Waals surface area contributed by atoms with Crippen molar-refractivity contribution < 1.29 is 4.39 Å². The van der Waals surface area contributed by atoms with Gasteiger partial charge in [-0.2, -0.15) is 0 Å². The van der Waals surface area contributed by atoms with E-state index in [1.807, 2.05) is 31.3 Å². The Labute approximate surface area is 118 Å². The van der Waals surface area contributed by atoms with Gasteiger partial charge in [0.2, 0.25) is 0 Å². The fraction of sp³-hybridized carbons (Fsp3) is 0.438. The summed E-state index contributed by atoms with van der Waals surface area (Å²) in [5.41, 5.74) is 1.01. The summed E-state index contributed by atoms with van der Waals surface area (Å²) in [5.74, 6) is 0.580. The van der Waals surface area contributed by atoms with Crippen LogP contribution in [0.1, 0.15) is 25.7 Å². The largest absolute Gasteiger partial charge is 0.381 e. The molecule has 2 aromatic rings. The quantitative estimate of drug-likeness (QED) is 0.922. The Morgan fingerprint density at radius 1 is 1.20 bits per heavy atom. The van der Waals surface area contributed by atoms with E-state index in [0.29, 0.717) is 6.04 Å². The number of benzene rings is 1. The van der Waals surface area contributed by atoms with Gasteiger partial charge in [-0.05, 0) is 31.0 Å². The molecule has 1 aromatic heterocycles. The highest BCUT2D eigenvalue weighted by Crippen LogP contribution is 2.32. The van der Waals surface area contributed by atoms with Gasteiger partial charge in [-0.25, -0.2) is 9.37 Å². The van der Waals surface area contributed by atoms with Crippen molar-refractivity contribution in [3.8, 4) is 0 Å². The second-order valence-corrected chi connectivity index (χ2v) is 5.71. The summed E-state index contributed by atoms with van der Waals surface area (Å²) in [6.45, 7) is 0.